The van der Waals surface area contributed by atoms with Crippen molar-refractivity contribution in [1.29, 1.82) is 0 Å². The molecule has 0 spiro atoms. The molecule has 0 unspecified atom stereocenters. The minimum Gasteiger partial charge on any atom is -0.378 e. The Kier molecular flexibility index (Phi) is 4.54. The minimum atomic E-state index is 0.0687. The van der Waals surface area contributed by atoms with Gasteiger partial charge < -0.3 is 4.74 Å². The summed E-state index contributed by atoms with van der Waals surface area (Å²) in [6.07, 6.45) is 6.13. The Hall–Kier alpha value is -2.57. The molecule has 1 atom stereocenters. The van der Waals surface area contributed by atoms with Gasteiger partial charge in [-0.2, -0.15) is 0 Å². The molecule has 3 aromatic rings. The van der Waals surface area contributed by atoms with Crippen LogP contribution >= 0.6 is 0 Å². The number of carbonyl (C=O) groups is 1. The van der Waals surface area contributed by atoms with E-state index in [1.165, 1.54) is 0 Å². The fraction of sp³-hybridized carbons (Fsp3) is 0.316. The van der Waals surface area contributed by atoms with Crippen LogP contribution in [0.5, 0.6) is 0 Å². The number of aromatic nitrogens is 3. The Balaban J connectivity index is 1.48. The van der Waals surface area contributed by atoms with Gasteiger partial charge in [-0.15, -0.1) is 0 Å². The summed E-state index contributed by atoms with van der Waals surface area (Å²) in [6, 6.07) is 11.4. The molecule has 1 aliphatic rings. The van der Waals surface area contributed by atoms with Crippen molar-refractivity contribution in [2.75, 3.05) is 19.8 Å². The Morgan fingerprint density at radius 3 is 2.96 bits per heavy atom. The molecule has 4 rings (SSSR count). The molecule has 6 heteroatoms. The zero-order valence-corrected chi connectivity index (χ0v) is 13.9. The van der Waals surface area contributed by atoms with Crippen molar-refractivity contribution in [3.05, 3.63) is 66.2 Å². The Labute approximate surface area is 146 Å². The summed E-state index contributed by atoms with van der Waals surface area (Å²) >= 11 is 0. The number of ether oxygens (including phenoxy) is 1. The van der Waals surface area contributed by atoms with E-state index in [4.69, 9.17) is 4.74 Å². The fourth-order valence-corrected chi connectivity index (χ4v) is 3.20. The lowest BCUT2D eigenvalue weighted by molar-refractivity contribution is -0.0130. The van der Waals surface area contributed by atoms with Crippen LogP contribution in [0, 0.1) is 0 Å². The first-order chi connectivity index (χ1) is 12.3. The monoisotopic (exact) mass is 336 g/mol. The van der Waals surface area contributed by atoms with Crippen molar-refractivity contribution in [1.82, 2.24) is 19.3 Å². The molecule has 0 bridgehead atoms. The van der Waals surface area contributed by atoms with Gasteiger partial charge in [0.05, 0.1) is 18.9 Å². The molecule has 1 saturated heterocycles. The molecule has 25 heavy (non-hydrogen) atoms. The van der Waals surface area contributed by atoms with E-state index in [2.05, 4.69) is 14.9 Å². The molecule has 128 valence electrons. The summed E-state index contributed by atoms with van der Waals surface area (Å²) in [6.45, 7) is 2.75. The van der Waals surface area contributed by atoms with Crippen LogP contribution < -0.4 is 0 Å². The SMILES string of the molecule is O=C(C[C@H]1COCCN1Cc1cn2cccnc2n1)c1ccccc1. The number of carbonyl (C=O) groups excluding carboxylic acids is 1. The normalized spacial score (nSPS) is 18.5. The highest BCUT2D eigenvalue weighted by Crippen LogP contribution is 2.17. The number of hydrogen-bond donors (Lipinski definition) is 0. The lowest BCUT2D eigenvalue weighted by Crippen LogP contribution is -2.45. The maximum absolute atomic E-state index is 12.5. The molecular weight excluding hydrogens is 316 g/mol. The Morgan fingerprint density at radius 1 is 1.24 bits per heavy atom. The summed E-state index contributed by atoms with van der Waals surface area (Å²) < 4.78 is 7.53. The summed E-state index contributed by atoms with van der Waals surface area (Å²) in [5, 5.41) is 0. The highest BCUT2D eigenvalue weighted by molar-refractivity contribution is 5.96. The average Bonchev–Trinajstić information content (AvgIpc) is 3.06. The summed E-state index contributed by atoms with van der Waals surface area (Å²) in [7, 11) is 0. The molecule has 0 aliphatic carbocycles. The van der Waals surface area contributed by atoms with Gasteiger partial charge in [0, 0.05) is 49.7 Å². The van der Waals surface area contributed by atoms with Crippen molar-refractivity contribution in [3.63, 3.8) is 0 Å². The van der Waals surface area contributed by atoms with Crippen LogP contribution in [0.4, 0.5) is 0 Å². The standard InChI is InChI=1S/C19H20N4O2/c24-18(15-5-2-1-3-6-15)11-17-14-25-10-9-22(17)12-16-13-23-8-4-7-20-19(23)21-16/h1-8,13,17H,9-12,14H2/t17-/m0/s1. The van der Waals surface area contributed by atoms with Crippen LogP contribution in [0.25, 0.3) is 5.78 Å². The van der Waals surface area contributed by atoms with Gasteiger partial charge in [0.25, 0.3) is 0 Å². The molecule has 0 N–H and O–H groups in total. The second-order valence-corrected chi connectivity index (χ2v) is 6.25. The average molecular weight is 336 g/mol. The molecule has 6 nitrogen and oxygen atoms in total. The van der Waals surface area contributed by atoms with Crippen LogP contribution in [0.15, 0.2) is 55.0 Å². The molecule has 3 heterocycles. The molecule has 1 aromatic carbocycles. The van der Waals surface area contributed by atoms with Gasteiger partial charge in [-0.25, -0.2) is 9.97 Å². The van der Waals surface area contributed by atoms with E-state index < -0.39 is 0 Å². The third-order valence-electron chi connectivity index (χ3n) is 4.52. The first kappa shape index (κ1) is 15.9. The van der Waals surface area contributed by atoms with Gasteiger partial charge in [0.1, 0.15) is 0 Å². The first-order valence-electron chi connectivity index (χ1n) is 8.48. The molecule has 2 aromatic heterocycles. The van der Waals surface area contributed by atoms with E-state index in [9.17, 15) is 4.79 Å². The van der Waals surface area contributed by atoms with E-state index in [0.717, 1.165) is 17.8 Å². The number of rotatable bonds is 5. The van der Waals surface area contributed by atoms with Crippen molar-refractivity contribution < 1.29 is 9.53 Å². The van der Waals surface area contributed by atoms with E-state index in [0.29, 0.717) is 32.0 Å². The van der Waals surface area contributed by atoms with Gasteiger partial charge in [-0.1, -0.05) is 30.3 Å². The number of imidazole rings is 1. The van der Waals surface area contributed by atoms with Gasteiger partial charge >= 0.3 is 0 Å². The number of nitrogens with zero attached hydrogens (tertiary/aromatic N) is 4. The molecule has 0 saturated carbocycles. The van der Waals surface area contributed by atoms with E-state index >= 15 is 0 Å². The number of Topliss-reactive ketones (excluding diaryl/α,β-unsaturated/α-hetero) is 1. The minimum absolute atomic E-state index is 0.0687. The van der Waals surface area contributed by atoms with E-state index in [1.54, 1.807) is 6.20 Å². The van der Waals surface area contributed by atoms with Crippen LogP contribution in [-0.2, 0) is 11.3 Å². The highest BCUT2D eigenvalue weighted by atomic mass is 16.5. The van der Waals surface area contributed by atoms with Crippen LogP contribution in [0.3, 0.4) is 0 Å². The van der Waals surface area contributed by atoms with Crippen LogP contribution in [-0.4, -0.2) is 50.9 Å². The molecule has 1 fully saturated rings. The second-order valence-electron chi connectivity index (χ2n) is 6.25. The molecule has 0 amide bonds. The zero-order chi connectivity index (χ0) is 17.1. The highest BCUT2D eigenvalue weighted by Gasteiger charge is 2.26. The summed E-state index contributed by atoms with van der Waals surface area (Å²) in [5.41, 5.74) is 1.71. The third kappa shape index (κ3) is 3.60. The smallest absolute Gasteiger partial charge is 0.233 e. The van der Waals surface area contributed by atoms with Crippen molar-refractivity contribution >= 4 is 11.6 Å². The molecule has 1 aliphatic heterocycles. The summed E-state index contributed by atoms with van der Waals surface area (Å²) in [5.74, 6) is 0.848. The quantitative estimate of drug-likeness (QED) is 0.669. The second kappa shape index (κ2) is 7.13. The topological polar surface area (TPSA) is 59.7 Å². The molecular formula is C19H20N4O2. The van der Waals surface area contributed by atoms with Crippen molar-refractivity contribution in [2.45, 2.75) is 19.0 Å². The first-order valence-corrected chi connectivity index (χ1v) is 8.48. The van der Waals surface area contributed by atoms with Gasteiger partial charge in [-0.05, 0) is 6.07 Å². The van der Waals surface area contributed by atoms with Gasteiger partial charge in [0.2, 0.25) is 5.78 Å². The van der Waals surface area contributed by atoms with Crippen LogP contribution in [0.2, 0.25) is 0 Å². The van der Waals surface area contributed by atoms with Crippen molar-refractivity contribution in [2.24, 2.45) is 0 Å². The predicted molar refractivity (Wildman–Crippen MR) is 93.4 cm³/mol. The Morgan fingerprint density at radius 2 is 2.12 bits per heavy atom. The third-order valence-corrected chi connectivity index (χ3v) is 4.52. The summed E-state index contributed by atoms with van der Waals surface area (Å²) in [4.78, 5) is 23.6. The maximum atomic E-state index is 12.5. The zero-order valence-electron chi connectivity index (χ0n) is 13.9. The largest absolute Gasteiger partial charge is 0.378 e. The van der Waals surface area contributed by atoms with Gasteiger partial charge in [-0.3, -0.25) is 14.1 Å². The number of ketones is 1. The molecule has 0 radical (unpaired) electrons. The predicted octanol–water partition coefficient (Wildman–Crippen LogP) is 2.20. The number of benzene rings is 1. The Bertz CT molecular complexity index is 829. The number of hydrogen-bond acceptors (Lipinski definition) is 5. The van der Waals surface area contributed by atoms with Crippen LogP contribution in [0.1, 0.15) is 22.5 Å². The van der Waals surface area contributed by atoms with E-state index in [1.807, 2.05) is 53.2 Å². The lowest BCUT2D eigenvalue weighted by atomic mass is 10.0. The number of morpholine rings is 1. The van der Waals surface area contributed by atoms with E-state index in [-0.39, 0.29) is 11.8 Å². The maximum Gasteiger partial charge on any atom is 0.233 e. The lowest BCUT2D eigenvalue weighted by Gasteiger charge is -2.34. The van der Waals surface area contributed by atoms with Crippen molar-refractivity contribution in [3.8, 4) is 0 Å². The fourth-order valence-electron chi connectivity index (χ4n) is 3.20. The van der Waals surface area contributed by atoms with Gasteiger partial charge in [0.15, 0.2) is 5.78 Å². The number of fused-ring (bicyclic) bond motifs is 1.